The summed E-state index contributed by atoms with van der Waals surface area (Å²) in [5.74, 6) is -0.402. The van der Waals surface area contributed by atoms with E-state index in [1.165, 1.54) is 24.1 Å². The summed E-state index contributed by atoms with van der Waals surface area (Å²) in [4.78, 5) is 13.3. The molecule has 0 fully saturated rings. The maximum Gasteiger partial charge on any atom is 0.255 e. The van der Waals surface area contributed by atoms with Crippen LogP contribution in [0, 0.1) is 0 Å². The van der Waals surface area contributed by atoms with Gasteiger partial charge in [-0.25, -0.2) is 8.42 Å². The molecule has 7 heteroatoms. The molecule has 4 N–H and O–H groups in total. The van der Waals surface area contributed by atoms with Gasteiger partial charge >= 0.3 is 0 Å². The summed E-state index contributed by atoms with van der Waals surface area (Å²) >= 11 is 0. The lowest BCUT2D eigenvalue weighted by atomic mass is 10.1. The topological polar surface area (TPSA) is 106 Å². The van der Waals surface area contributed by atoms with Crippen LogP contribution in [0.25, 0.3) is 0 Å². The Hall–Kier alpha value is -1.76. The number of carbonyl (C=O) groups is 1. The van der Waals surface area contributed by atoms with Crippen LogP contribution in [-0.2, 0) is 9.84 Å². The first-order valence-corrected chi connectivity index (χ1v) is 7.35. The highest BCUT2D eigenvalue weighted by atomic mass is 32.2. The normalized spacial score (nSPS) is 11.2. The molecule has 18 heavy (non-hydrogen) atoms. The van der Waals surface area contributed by atoms with Crippen LogP contribution in [0.2, 0.25) is 0 Å². The van der Waals surface area contributed by atoms with Crippen LogP contribution >= 0.6 is 0 Å². The molecular formula is C11H17N3O3S. The average Bonchev–Trinajstić information content (AvgIpc) is 2.24. The van der Waals surface area contributed by atoms with Crippen molar-refractivity contribution >= 4 is 27.1 Å². The molecule has 6 nitrogen and oxygen atoms in total. The number of sulfone groups is 1. The van der Waals surface area contributed by atoms with Crippen LogP contribution in [0.3, 0.4) is 0 Å². The smallest absolute Gasteiger partial charge is 0.255 e. The van der Waals surface area contributed by atoms with Crippen molar-refractivity contribution < 1.29 is 13.2 Å². The van der Waals surface area contributed by atoms with Gasteiger partial charge in [0.15, 0.2) is 0 Å². The Balaban J connectivity index is 2.80. The van der Waals surface area contributed by atoms with Gasteiger partial charge in [-0.15, -0.1) is 0 Å². The van der Waals surface area contributed by atoms with E-state index in [9.17, 15) is 13.2 Å². The number of hydrogen-bond donors (Lipinski definition) is 2. The number of nitrogens with zero attached hydrogens (tertiary/aromatic N) is 1. The van der Waals surface area contributed by atoms with E-state index >= 15 is 0 Å². The summed E-state index contributed by atoms with van der Waals surface area (Å²) in [6.45, 7) is 0.126. The molecule has 0 radical (unpaired) electrons. The molecule has 0 saturated heterocycles. The van der Waals surface area contributed by atoms with Crippen molar-refractivity contribution in [2.75, 3.05) is 37.1 Å². The summed E-state index contributed by atoms with van der Waals surface area (Å²) in [7, 11) is -1.57. The van der Waals surface area contributed by atoms with Crippen LogP contribution in [0.1, 0.15) is 10.4 Å². The van der Waals surface area contributed by atoms with Gasteiger partial charge in [-0.05, 0) is 18.2 Å². The third-order valence-electron chi connectivity index (χ3n) is 2.45. The third kappa shape index (κ3) is 3.92. The summed E-state index contributed by atoms with van der Waals surface area (Å²) in [6, 6.07) is 4.61. The second-order valence-electron chi connectivity index (χ2n) is 4.20. The van der Waals surface area contributed by atoms with Crippen molar-refractivity contribution in [1.82, 2.24) is 4.90 Å². The van der Waals surface area contributed by atoms with E-state index in [1.807, 2.05) is 0 Å². The molecule has 0 aromatic heterocycles. The number of amides is 1. The van der Waals surface area contributed by atoms with E-state index in [-0.39, 0.29) is 23.9 Å². The van der Waals surface area contributed by atoms with Gasteiger partial charge in [-0.2, -0.15) is 0 Å². The maximum atomic E-state index is 12.0. The van der Waals surface area contributed by atoms with Crippen molar-refractivity contribution in [3.63, 3.8) is 0 Å². The minimum absolute atomic E-state index is 0.0792. The first kappa shape index (κ1) is 14.3. The first-order valence-electron chi connectivity index (χ1n) is 5.29. The highest BCUT2D eigenvalue weighted by Gasteiger charge is 2.16. The number of hydrogen-bond acceptors (Lipinski definition) is 5. The molecular weight excluding hydrogens is 254 g/mol. The highest BCUT2D eigenvalue weighted by Crippen LogP contribution is 2.17. The van der Waals surface area contributed by atoms with Gasteiger partial charge < -0.3 is 16.4 Å². The largest absolute Gasteiger partial charge is 0.399 e. The minimum atomic E-state index is -3.10. The quantitative estimate of drug-likeness (QED) is 0.748. The fourth-order valence-electron chi connectivity index (χ4n) is 1.39. The van der Waals surface area contributed by atoms with E-state index in [0.29, 0.717) is 11.3 Å². The number of carbonyl (C=O) groups excluding carboxylic acids is 1. The fraction of sp³-hybridized carbons (Fsp3) is 0.364. The monoisotopic (exact) mass is 271 g/mol. The SMILES string of the molecule is CN(CCS(C)(=O)=O)C(=O)c1ccc(N)cc1N. The third-order valence-corrected chi connectivity index (χ3v) is 3.37. The Morgan fingerprint density at radius 1 is 1.33 bits per heavy atom. The van der Waals surface area contributed by atoms with Crippen molar-refractivity contribution in [1.29, 1.82) is 0 Å². The van der Waals surface area contributed by atoms with E-state index in [0.717, 1.165) is 6.26 Å². The van der Waals surface area contributed by atoms with Gasteiger partial charge in [0, 0.05) is 31.2 Å². The zero-order chi connectivity index (χ0) is 13.9. The summed E-state index contributed by atoms with van der Waals surface area (Å²) in [5.41, 5.74) is 12.3. The molecule has 100 valence electrons. The lowest BCUT2D eigenvalue weighted by Crippen LogP contribution is -2.31. The van der Waals surface area contributed by atoms with Crippen molar-refractivity contribution in [2.24, 2.45) is 0 Å². The summed E-state index contributed by atoms with van der Waals surface area (Å²) < 4.78 is 22.1. The Bertz CT molecular complexity index is 555. The predicted molar refractivity (Wildman–Crippen MR) is 71.9 cm³/mol. The van der Waals surface area contributed by atoms with Crippen molar-refractivity contribution in [3.05, 3.63) is 23.8 Å². The predicted octanol–water partition coefficient (Wildman–Crippen LogP) is -0.0324. The molecule has 1 rings (SSSR count). The van der Waals surface area contributed by atoms with Gasteiger partial charge in [-0.1, -0.05) is 0 Å². The van der Waals surface area contributed by atoms with E-state index in [2.05, 4.69) is 0 Å². The van der Waals surface area contributed by atoms with Crippen molar-refractivity contribution in [2.45, 2.75) is 0 Å². The molecule has 0 aliphatic carbocycles. The number of nitrogen functional groups attached to an aromatic ring is 2. The molecule has 0 bridgehead atoms. The fourth-order valence-corrected chi connectivity index (χ4v) is 1.99. The number of anilines is 2. The van der Waals surface area contributed by atoms with Gasteiger partial charge in [0.1, 0.15) is 9.84 Å². The molecule has 0 aliphatic rings. The molecule has 0 atom stereocenters. The van der Waals surface area contributed by atoms with Gasteiger partial charge in [-0.3, -0.25) is 4.79 Å². The van der Waals surface area contributed by atoms with E-state index in [4.69, 9.17) is 11.5 Å². The minimum Gasteiger partial charge on any atom is -0.399 e. The van der Waals surface area contributed by atoms with Gasteiger partial charge in [0.2, 0.25) is 0 Å². The average molecular weight is 271 g/mol. The Morgan fingerprint density at radius 2 is 1.94 bits per heavy atom. The first-order chi connectivity index (χ1) is 8.20. The van der Waals surface area contributed by atoms with E-state index in [1.54, 1.807) is 6.07 Å². The second kappa shape index (κ2) is 5.26. The standard InChI is InChI=1S/C11H17N3O3S/c1-14(5-6-18(2,16)17)11(15)9-4-3-8(12)7-10(9)13/h3-4,7H,5-6,12-13H2,1-2H3. The summed E-state index contributed by atoms with van der Waals surface area (Å²) in [6.07, 6.45) is 1.13. The van der Waals surface area contributed by atoms with Crippen LogP contribution in [0.5, 0.6) is 0 Å². The zero-order valence-corrected chi connectivity index (χ0v) is 11.2. The summed E-state index contributed by atoms with van der Waals surface area (Å²) in [5, 5.41) is 0. The number of rotatable bonds is 4. The molecule has 1 aromatic carbocycles. The lowest BCUT2D eigenvalue weighted by molar-refractivity contribution is 0.0804. The molecule has 1 amide bonds. The van der Waals surface area contributed by atoms with Gasteiger partial charge in [0.25, 0.3) is 5.91 Å². The van der Waals surface area contributed by atoms with E-state index < -0.39 is 9.84 Å². The van der Waals surface area contributed by atoms with Crippen LogP contribution in [0.15, 0.2) is 18.2 Å². The Kier molecular flexibility index (Phi) is 4.18. The zero-order valence-electron chi connectivity index (χ0n) is 10.4. The van der Waals surface area contributed by atoms with Gasteiger partial charge in [0.05, 0.1) is 11.3 Å². The molecule has 0 spiro atoms. The molecule has 1 aromatic rings. The van der Waals surface area contributed by atoms with Crippen LogP contribution in [-0.4, -0.2) is 44.8 Å². The Labute approximate surface area is 106 Å². The highest BCUT2D eigenvalue weighted by molar-refractivity contribution is 7.90. The number of benzene rings is 1. The second-order valence-corrected chi connectivity index (χ2v) is 6.46. The van der Waals surface area contributed by atoms with Crippen LogP contribution < -0.4 is 11.5 Å². The molecule has 0 heterocycles. The molecule has 0 aliphatic heterocycles. The Morgan fingerprint density at radius 3 is 2.44 bits per heavy atom. The molecule has 0 unspecified atom stereocenters. The number of nitrogens with two attached hydrogens (primary N) is 2. The van der Waals surface area contributed by atoms with Crippen LogP contribution in [0.4, 0.5) is 11.4 Å². The maximum absolute atomic E-state index is 12.0. The lowest BCUT2D eigenvalue weighted by Gasteiger charge is -2.17. The van der Waals surface area contributed by atoms with Crippen molar-refractivity contribution in [3.8, 4) is 0 Å². The molecule has 0 saturated carbocycles.